The maximum atomic E-state index is 13.8. The third-order valence-corrected chi connectivity index (χ3v) is 4.75. The molecule has 0 bridgehead atoms. The number of aryl methyl sites for hydroxylation is 1. The van der Waals surface area contributed by atoms with Crippen LogP contribution in [0.5, 0.6) is 0 Å². The number of nitrogens with zero attached hydrogens (tertiary/aromatic N) is 2. The summed E-state index contributed by atoms with van der Waals surface area (Å²) in [7, 11) is 0. The quantitative estimate of drug-likeness (QED) is 0.731. The van der Waals surface area contributed by atoms with E-state index in [0.717, 1.165) is 23.3 Å². The van der Waals surface area contributed by atoms with E-state index in [4.69, 9.17) is 23.2 Å². The molecule has 1 fully saturated rings. The number of fused-ring (bicyclic) bond motifs is 1. The minimum absolute atomic E-state index is 0.124. The number of halogens is 3. The standard InChI is InChI=1S/C15H17Cl2FN2/c1-9-3-2-4-13(9)20-14-8-11(18)10(17)7-12(14)19-15(20)5-6-16/h7-9,13H,2-6H2,1H3. The molecule has 2 nitrogen and oxygen atoms in total. The second kappa shape index (κ2) is 5.53. The van der Waals surface area contributed by atoms with E-state index in [1.54, 1.807) is 6.07 Å². The minimum atomic E-state index is -0.386. The number of alkyl halides is 1. The molecule has 1 aliphatic rings. The highest BCUT2D eigenvalue weighted by Crippen LogP contribution is 2.39. The zero-order chi connectivity index (χ0) is 14.3. The van der Waals surface area contributed by atoms with Gasteiger partial charge in [-0.15, -0.1) is 11.6 Å². The van der Waals surface area contributed by atoms with Crippen LogP contribution in [0, 0.1) is 11.7 Å². The van der Waals surface area contributed by atoms with Gasteiger partial charge >= 0.3 is 0 Å². The molecular weight excluding hydrogens is 298 g/mol. The number of imidazole rings is 1. The van der Waals surface area contributed by atoms with E-state index in [-0.39, 0.29) is 10.8 Å². The lowest BCUT2D eigenvalue weighted by Crippen LogP contribution is -2.15. The Bertz CT molecular complexity index is 638. The first-order chi connectivity index (χ1) is 9.61. The van der Waals surface area contributed by atoms with Crippen molar-refractivity contribution in [2.45, 2.75) is 38.6 Å². The summed E-state index contributed by atoms with van der Waals surface area (Å²) in [5, 5.41) is 0.124. The summed E-state index contributed by atoms with van der Waals surface area (Å²) < 4.78 is 16.0. The first-order valence-electron chi connectivity index (χ1n) is 7.03. The fourth-order valence-corrected chi connectivity index (χ4v) is 3.61. The van der Waals surface area contributed by atoms with Gasteiger partial charge in [-0.05, 0) is 24.8 Å². The van der Waals surface area contributed by atoms with Crippen molar-refractivity contribution < 1.29 is 4.39 Å². The van der Waals surface area contributed by atoms with Crippen molar-refractivity contribution in [3.63, 3.8) is 0 Å². The Kier molecular flexibility index (Phi) is 3.91. The van der Waals surface area contributed by atoms with Gasteiger partial charge in [0.15, 0.2) is 0 Å². The zero-order valence-electron chi connectivity index (χ0n) is 11.4. The highest BCUT2D eigenvalue weighted by Gasteiger charge is 2.28. The van der Waals surface area contributed by atoms with Gasteiger partial charge in [0.2, 0.25) is 0 Å². The number of hydrogen-bond acceptors (Lipinski definition) is 1. The van der Waals surface area contributed by atoms with Gasteiger partial charge < -0.3 is 4.57 Å². The lowest BCUT2D eigenvalue weighted by molar-refractivity contribution is 0.406. The average Bonchev–Trinajstić information content (AvgIpc) is 2.94. The molecule has 1 aromatic heterocycles. The summed E-state index contributed by atoms with van der Waals surface area (Å²) in [5.41, 5.74) is 1.60. The molecule has 0 aliphatic heterocycles. The molecule has 20 heavy (non-hydrogen) atoms. The van der Waals surface area contributed by atoms with Crippen LogP contribution < -0.4 is 0 Å². The van der Waals surface area contributed by atoms with Crippen LogP contribution in [0.4, 0.5) is 4.39 Å². The lowest BCUT2D eigenvalue weighted by atomic mass is 10.1. The highest BCUT2D eigenvalue weighted by molar-refractivity contribution is 6.31. The Labute approximate surface area is 127 Å². The third kappa shape index (κ3) is 2.31. The summed E-state index contributed by atoms with van der Waals surface area (Å²) in [6, 6.07) is 3.51. The van der Waals surface area contributed by atoms with Gasteiger partial charge in [-0.1, -0.05) is 24.9 Å². The van der Waals surface area contributed by atoms with Crippen LogP contribution in [0.3, 0.4) is 0 Å². The van der Waals surface area contributed by atoms with Crippen molar-refractivity contribution in [3.8, 4) is 0 Å². The van der Waals surface area contributed by atoms with Gasteiger partial charge in [0.05, 0.1) is 16.1 Å². The highest BCUT2D eigenvalue weighted by atomic mass is 35.5. The summed E-state index contributed by atoms with van der Waals surface area (Å²) >= 11 is 11.8. The fraction of sp³-hybridized carbons (Fsp3) is 0.533. The van der Waals surface area contributed by atoms with Crippen LogP contribution in [0.25, 0.3) is 11.0 Å². The Morgan fingerprint density at radius 1 is 1.40 bits per heavy atom. The van der Waals surface area contributed by atoms with Crippen LogP contribution in [-0.2, 0) is 6.42 Å². The van der Waals surface area contributed by atoms with Crippen LogP contribution in [0.2, 0.25) is 5.02 Å². The molecule has 0 amide bonds. The van der Waals surface area contributed by atoms with E-state index < -0.39 is 0 Å². The van der Waals surface area contributed by atoms with Gasteiger partial charge in [-0.2, -0.15) is 0 Å². The topological polar surface area (TPSA) is 17.8 Å². The molecule has 1 aliphatic carbocycles. The molecule has 5 heteroatoms. The monoisotopic (exact) mass is 314 g/mol. The Morgan fingerprint density at radius 2 is 2.20 bits per heavy atom. The summed E-state index contributed by atoms with van der Waals surface area (Å²) in [4.78, 5) is 4.61. The average molecular weight is 315 g/mol. The molecule has 1 aromatic carbocycles. The molecule has 3 rings (SSSR count). The molecule has 0 spiro atoms. The maximum Gasteiger partial charge on any atom is 0.144 e. The molecular formula is C15H17Cl2FN2. The normalized spacial score (nSPS) is 22.8. The minimum Gasteiger partial charge on any atom is -0.324 e. The second-order valence-electron chi connectivity index (χ2n) is 5.57. The molecule has 0 saturated heterocycles. The number of rotatable bonds is 3. The first kappa shape index (κ1) is 14.2. The molecule has 0 radical (unpaired) electrons. The lowest BCUT2D eigenvalue weighted by Gasteiger charge is -2.21. The van der Waals surface area contributed by atoms with E-state index in [1.807, 2.05) is 0 Å². The van der Waals surface area contributed by atoms with Crippen molar-refractivity contribution >= 4 is 34.2 Å². The predicted molar refractivity (Wildman–Crippen MR) is 81.2 cm³/mol. The van der Waals surface area contributed by atoms with Crippen LogP contribution >= 0.6 is 23.2 Å². The number of aromatic nitrogens is 2. The molecule has 2 unspecified atom stereocenters. The predicted octanol–water partition coefficient (Wildman–Crippen LogP) is 4.97. The van der Waals surface area contributed by atoms with Gasteiger partial charge in [0.1, 0.15) is 11.6 Å². The summed E-state index contributed by atoms with van der Waals surface area (Å²) in [5.74, 6) is 1.65. The summed E-state index contributed by atoms with van der Waals surface area (Å²) in [6.07, 6.45) is 4.23. The summed E-state index contributed by atoms with van der Waals surface area (Å²) in [6.45, 7) is 2.25. The van der Waals surface area contributed by atoms with Crippen molar-refractivity contribution in [1.29, 1.82) is 0 Å². The molecule has 1 heterocycles. The van der Waals surface area contributed by atoms with E-state index in [9.17, 15) is 4.39 Å². The molecule has 0 N–H and O–H groups in total. The third-order valence-electron chi connectivity index (χ3n) is 4.27. The number of benzene rings is 1. The van der Waals surface area contributed by atoms with E-state index in [1.165, 1.54) is 18.9 Å². The van der Waals surface area contributed by atoms with Crippen LogP contribution in [0.1, 0.15) is 38.1 Å². The zero-order valence-corrected chi connectivity index (χ0v) is 12.9. The van der Waals surface area contributed by atoms with E-state index >= 15 is 0 Å². The van der Waals surface area contributed by atoms with Crippen LogP contribution in [0.15, 0.2) is 12.1 Å². The van der Waals surface area contributed by atoms with Crippen molar-refractivity contribution in [1.82, 2.24) is 9.55 Å². The van der Waals surface area contributed by atoms with Gasteiger partial charge in [0, 0.05) is 24.4 Å². The largest absolute Gasteiger partial charge is 0.324 e. The second-order valence-corrected chi connectivity index (χ2v) is 6.35. The van der Waals surface area contributed by atoms with E-state index in [2.05, 4.69) is 16.5 Å². The van der Waals surface area contributed by atoms with E-state index in [0.29, 0.717) is 24.3 Å². The van der Waals surface area contributed by atoms with Gasteiger partial charge in [-0.3, -0.25) is 0 Å². The van der Waals surface area contributed by atoms with Gasteiger partial charge in [0.25, 0.3) is 0 Å². The Balaban J connectivity index is 2.20. The molecule has 2 aromatic rings. The Hall–Kier alpha value is -0.800. The fourth-order valence-electron chi connectivity index (χ4n) is 3.28. The smallest absolute Gasteiger partial charge is 0.144 e. The Morgan fingerprint density at radius 3 is 2.85 bits per heavy atom. The van der Waals surface area contributed by atoms with Crippen molar-refractivity contribution in [3.05, 3.63) is 28.8 Å². The van der Waals surface area contributed by atoms with Crippen molar-refractivity contribution in [2.75, 3.05) is 5.88 Å². The maximum absolute atomic E-state index is 13.8. The van der Waals surface area contributed by atoms with Crippen molar-refractivity contribution in [2.24, 2.45) is 5.92 Å². The molecule has 108 valence electrons. The molecule has 2 atom stereocenters. The first-order valence-corrected chi connectivity index (χ1v) is 7.95. The van der Waals surface area contributed by atoms with Crippen LogP contribution in [-0.4, -0.2) is 15.4 Å². The van der Waals surface area contributed by atoms with Gasteiger partial charge in [-0.25, -0.2) is 9.37 Å². The SMILES string of the molecule is CC1CCCC1n1c(CCCl)nc2cc(Cl)c(F)cc21. The molecule has 1 saturated carbocycles. The number of hydrogen-bond donors (Lipinski definition) is 0.